The number of aliphatic imine (C=N–C) groups is 1. The Morgan fingerprint density at radius 1 is 1.14 bits per heavy atom. The maximum absolute atomic E-state index is 9.63. The first kappa shape index (κ1) is 20.8. The normalized spacial score (nSPS) is 16.3. The predicted molar refractivity (Wildman–Crippen MR) is 118 cm³/mol. The topological polar surface area (TPSA) is 59.9 Å². The van der Waals surface area contributed by atoms with E-state index >= 15 is 0 Å². The molecule has 3 rings (SSSR count). The zero-order valence-corrected chi connectivity index (χ0v) is 17.8. The Morgan fingerprint density at radius 2 is 1.86 bits per heavy atom. The molecule has 2 heterocycles. The molecule has 152 valence electrons. The van der Waals surface area contributed by atoms with E-state index in [0.29, 0.717) is 6.54 Å². The third-order valence-electron chi connectivity index (χ3n) is 5.13. The lowest BCUT2D eigenvalue weighted by Crippen LogP contribution is -2.36. The summed E-state index contributed by atoms with van der Waals surface area (Å²) in [6.45, 7) is 9.46. The summed E-state index contributed by atoms with van der Waals surface area (Å²) in [5.74, 6) is 0.853. The van der Waals surface area contributed by atoms with Gasteiger partial charge in [-0.05, 0) is 54.8 Å². The van der Waals surface area contributed by atoms with Crippen LogP contribution in [-0.4, -0.2) is 41.7 Å². The zero-order chi connectivity index (χ0) is 19.8. The third kappa shape index (κ3) is 6.33. The maximum atomic E-state index is 9.63. The molecule has 0 unspecified atom stereocenters. The molecule has 0 spiro atoms. The van der Waals surface area contributed by atoms with Gasteiger partial charge in [-0.1, -0.05) is 24.3 Å². The van der Waals surface area contributed by atoms with Crippen LogP contribution in [0.2, 0.25) is 0 Å². The molecule has 5 nitrogen and oxygen atoms in total. The van der Waals surface area contributed by atoms with Crippen LogP contribution in [0.1, 0.15) is 41.3 Å². The van der Waals surface area contributed by atoms with E-state index in [1.54, 1.807) is 11.3 Å². The van der Waals surface area contributed by atoms with Crippen LogP contribution >= 0.6 is 11.3 Å². The average molecular weight is 401 g/mol. The van der Waals surface area contributed by atoms with Crippen LogP contribution in [-0.2, 0) is 19.6 Å². The summed E-state index contributed by atoms with van der Waals surface area (Å²) in [6.07, 6.45) is 1.66. The number of thiophene rings is 1. The van der Waals surface area contributed by atoms with Crippen molar-refractivity contribution < 1.29 is 5.11 Å². The number of hydrogen-bond donors (Lipinski definition) is 3. The Kier molecular flexibility index (Phi) is 7.89. The van der Waals surface area contributed by atoms with E-state index in [9.17, 15) is 5.11 Å². The Bertz CT molecular complexity index is 748. The average Bonchev–Trinajstić information content (AvgIpc) is 3.12. The van der Waals surface area contributed by atoms with Gasteiger partial charge in [-0.3, -0.25) is 4.90 Å². The van der Waals surface area contributed by atoms with Gasteiger partial charge in [0, 0.05) is 31.1 Å². The van der Waals surface area contributed by atoms with Gasteiger partial charge in [0.15, 0.2) is 5.96 Å². The van der Waals surface area contributed by atoms with Gasteiger partial charge in [0.25, 0.3) is 0 Å². The first-order chi connectivity index (χ1) is 13.6. The van der Waals surface area contributed by atoms with E-state index in [4.69, 9.17) is 4.99 Å². The van der Waals surface area contributed by atoms with Gasteiger partial charge in [-0.25, -0.2) is 4.99 Å². The van der Waals surface area contributed by atoms with Crippen LogP contribution < -0.4 is 10.6 Å². The summed E-state index contributed by atoms with van der Waals surface area (Å²) in [6, 6.07) is 10.9. The molecule has 0 radical (unpaired) electrons. The van der Waals surface area contributed by atoms with Crippen LogP contribution in [0, 0.1) is 6.92 Å². The number of guanidine groups is 1. The fourth-order valence-electron chi connectivity index (χ4n) is 3.35. The fraction of sp³-hybridized carbons (Fsp3) is 0.500. The number of hydrogen-bond acceptors (Lipinski definition) is 4. The highest BCUT2D eigenvalue weighted by atomic mass is 32.1. The molecule has 1 aromatic carbocycles. The predicted octanol–water partition coefficient (Wildman–Crippen LogP) is 3.27. The van der Waals surface area contributed by atoms with Gasteiger partial charge in [-0.2, -0.15) is 0 Å². The van der Waals surface area contributed by atoms with Gasteiger partial charge in [0.05, 0.1) is 19.2 Å². The lowest BCUT2D eigenvalue weighted by atomic mass is 10.1. The Morgan fingerprint density at radius 3 is 2.50 bits per heavy atom. The number of benzene rings is 1. The highest BCUT2D eigenvalue weighted by Gasteiger charge is 2.16. The van der Waals surface area contributed by atoms with E-state index in [1.165, 1.54) is 21.6 Å². The highest BCUT2D eigenvalue weighted by Crippen LogP contribution is 2.16. The van der Waals surface area contributed by atoms with Crippen molar-refractivity contribution in [3.05, 3.63) is 57.3 Å². The number of nitrogens with zero attached hydrogens (tertiary/aromatic N) is 2. The van der Waals surface area contributed by atoms with Crippen molar-refractivity contribution in [3.63, 3.8) is 0 Å². The Hall–Kier alpha value is -1.89. The minimum Gasteiger partial charge on any atom is -0.393 e. The number of aryl methyl sites for hydroxylation is 1. The van der Waals surface area contributed by atoms with Crippen LogP contribution in [0.15, 0.2) is 40.7 Å². The molecule has 1 fully saturated rings. The second-order valence-electron chi connectivity index (χ2n) is 7.40. The molecule has 3 N–H and O–H groups in total. The molecule has 1 aromatic heterocycles. The Labute approximate surface area is 172 Å². The summed E-state index contributed by atoms with van der Waals surface area (Å²) in [4.78, 5) is 8.49. The SMILES string of the molecule is CCNC(=NCc1ccc(CN2CCC(O)CC2)cc1)NCc1sccc1C. The molecule has 0 amide bonds. The van der Waals surface area contributed by atoms with Gasteiger partial charge < -0.3 is 15.7 Å². The summed E-state index contributed by atoms with van der Waals surface area (Å²) < 4.78 is 0. The first-order valence-electron chi connectivity index (χ1n) is 10.2. The number of rotatable bonds is 7. The minimum absolute atomic E-state index is 0.111. The molecular weight excluding hydrogens is 368 g/mol. The van der Waals surface area contributed by atoms with E-state index in [0.717, 1.165) is 51.5 Å². The highest BCUT2D eigenvalue weighted by molar-refractivity contribution is 7.10. The van der Waals surface area contributed by atoms with Crippen LogP contribution in [0.4, 0.5) is 0 Å². The molecular formula is C22H32N4OS. The second kappa shape index (κ2) is 10.6. The van der Waals surface area contributed by atoms with Crippen molar-refractivity contribution in [1.29, 1.82) is 0 Å². The van der Waals surface area contributed by atoms with Gasteiger partial charge in [0.2, 0.25) is 0 Å². The molecule has 1 saturated heterocycles. The summed E-state index contributed by atoms with van der Waals surface area (Å²) in [5, 5.41) is 18.5. The molecule has 2 aromatic rings. The van der Waals surface area contributed by atoms with Crippen molar-refractivity contribution in [2.75, 3.05) is 19.6 Å². The lowest BCUT2D eigenvalue weighted by molar-refractivity contribution is 0.0792. The van der Waals surface area contributed by atoms with E-state index in [-0.39, 0.29) is 6.10 Å². The van der Waals surface area contributed by atoms with E-state index < -0.39 is 0 Å². The summed E-state index contributed by atoms with van der Waals surface area (Å²) >= 11 is 1.78. The monoisotopic (exact) mass is 400 g/mol. The molecule has 0 aliphatic carbocycles. The van der Waals surface area contributed by atoms with Crippen molar-refractivity contribution >= 4 is 17.3 Å². The molecule has 1 aliphatic rings. The number of aliphatic hydroxyl groups excluding tert-OH is 1. The number of aliphatic hydroxyl groups is 1. The van der Waals surface area contributed by atoms with Gasteiger partial charge in [0.1, 0.15) is 0 Å². The van der Waals surface area contributed by atoms with Crippen molar-refractivity contribution in [1.82, 2.24) is 15.5 Å². The largest absolute Gasteiger partial charge is 0.393 e. The summed E-state index contributed by atoms with van der Waals surface area (Å²) in [7, 11) is 0. The zero-order valence-electron chi connectivity index (χ0n) is 16.9. The number of piperidine rings is 1. The third-order valence-corrected chi connectivity index (χ3v) is 6.16. The lowest BCUT2D eigenvalue weighted by Gasteiger charge is -2.29. The molecule has 28 heavy (non-hydrogen) atoms. The van der Waals surface area contributed by atoms with Crippen LogP contribution in [0.5, 0.6) is 0 Å². The number of likely N-dealkylation sites (tertiary alicyclic amines) is 1. The molecule has 0 bridgehead atoms. The van der Waals surface area contributed by atoms with Gasteiger partial charge >= 0.3 is 0 Å². The number of nitrogens with one attached hydrogen (secondary N) is 2. The maximum Gasteiger partial charge on any atom is 0.191 e. The molecule has 0 saturated carbocycles. The molecule has 6 heteroatoms. The van der Waals surface area contributed by atoms with Crippen molar-refractivity contribution in [2.45, 2.75) is 52.4 Å². The quantitative estimate of drug-likeness (QED) is 0.493. The fourth-order valence-corrected chi connectivity index (χ4v) is 4.19. The molecule has 1 aliphatic heterocycles. The van der Waals surface area contributed by atoms with Crippen LogP contribution in [0.25, 0.3) is 0 Å². The smallest absolute Gasteiger partial charge is 0.191 e. The van der Waals surface area contributed by atoms with Crippen molar-refractivity contribution in [3.8, 4) is 0 Å². The minimum atomic E-state index is -0.111. The van der Waals surface area contributed by atoms with E-state index in [2.05, 4.69) is 65.1 Å². The van der Waals surface area contributed by atoms with Crippen molar-refractivity contribution in [2.24, 2.45) is 4.99 Å². The Balaban J connectivity index is 1.51. The first-order valence-corrected chi connectivity index (χ1v) is 11.1. The van der Waals surface area contributed by atoms with E-state index in [1.807, 2.05) is 0 Å². The van der Waals surface area contributed by atoms with Gasteiger partial charge in [-0.15, -0.1) is 11.3 Å². The second-order valence-corrected chi connectivity index (χ2v) is 8.40. The molecule has 0 atom stereocenters. The summed E-state index contributed by atoms with van der Waals surface area (Å²) in [5.41, 5.74) is 3.86. The standard InChI is InChI=1S/C22H32N4OS/c1-3-23-22(25-15-21-17(2)10-13-28-21)24-14-18-4-6-19(7-5-18)16-26-11-8-20(27)9-12-26/h4-7,10,13,20,27H,3,8-9,11-12,14-16H2,1-2H3,(H2,23,24,25). The van der Waals surface area contributed by atoms with Crippen LogP contribution in [0.3, 0.4) is 0 Å².